The number of ether oxygens (including phenoxy) is 1. The van der Waals surface area contributed by atoms with E-state index in [0.29, 0.717) is 18.4 Å². The summed E-state index contributed by atoms with van der Waals surface area (Å²) in [5, 5.41) is 0. The fourth-order valence-electron chi connectivity index (χ4n) is 2.85. The van der Waals surface area contributed by atoms with Crippen molar-refractivity contribution in [3.63, 3.8) is 0 Å². The topological polar surface area (TPSA) is 22.1 Å². The third-order valence-electron chi connectivity index (χ3n) is 4.17. The standard InChI is InChI=1S/C19H25NO/c1-4-17(19-9-11-20-12-10-19)13-15(2)18-7-5-16(6-8-18)14-21-3/h5-12,15,17H,4,13-14H2,1-3H3. The molecule has 112 valence electrons. The second kappa shape index (κ2) is 7.94. The smallest absolute Gasteiger partial charge is 0.0713 e. The van der Waals surface area contributed by atoms with Gasteiger partial charge in [0.25, 0.3) is 0 Å². The highest BCUT2D eigenvalue weighted by Crippen LogP contribution is 2.31. The van der Waals surface area contributed by atoms with Gasteiger partial charge in [0.15, 0.2) is 0 Å². The lowest BCUT2D eigenvalue weighted by molar-refractivity contribution is 0.185. The predicted molar refractivity (Wildman–Crippen MR) is 87.5 cm³/mol. The van der Waals surface area contributed by atoms with Crippen LogP contribution in [0.25, 0.3) is 0 Å². The van der Waals surface area contributed by atoms with Crippen molar-refractivity contribution in [2.45, 2.75) is 45.1 Å². The van der Waals surface area contributed by atoms with E-state index < -0.39 is 0 Å². The zero-order valence-corrected chi connectivity index (χ0v) is 13.3. The first kappa shape index (κ1) is 15.7. The van der Waals surface area contributed by atoms with Crippen molar-refractivity contribution >= 4 is 0 Å². The highest BCUT2D eigenvalue weighted by Gasteiger charge is 2.15. The van der Waals surface area contributed by atoms with E-state index in [4.69, 9.17) is 4.74 Å². The van der Waals surface area contributed by atoms with Crippen molar-refractivity contribution < 1.29 is 4.74 Å². The number of rotatable bonds is 7. The van der Waals surface area contributed by atoms with Gasteiger partial charge in [-0.1, -0.05) is 38.1 Å². The number of aromatic nitrogens is 1. The Balaban J connectivity index is 2.03. The van der Waals surface area contributed by atoms with E-state index in [1.165, 1.54) is 23.1 Å². The van der Waals surface area contributed by atoms with Gasteiger partial charge in [0, 0.05) is 19.5 Å². The normalized spacial score (nSPS) is 13.9. The molecule has 0 saturated carbocycles. The largest absolute Gasteiger partial charge is 0.380 e. The quantitative estimate of drug-likeness (QED) is 0.720. The average molecular weight is 283 g/mol. The molecule has 2 rings (SSSR count). The van der Waals surface area contributed by atoms with E-state index in [-0.39, 0.29) is 0 Å². The van der Waals surface area contributed by atoms with Gasteiger partial charge in [-0.05, 0) is 53.5 Å². The molecule has 0 aliphatic heterocycles. The molecule has 1 aromatic carbocycles. The Kier molecular flexibility index (Phi) is 5.94. The molecule has 2 nitrogen and oxygen atoms in total. The van der Waals surface area contributed by atoms with Crippen LogP contribution in [0, 0.1) is 0 Å². The van der Waals surface area contributed by atoms with Gasteiger partial charge < -0.3 is 4.74 Å². The van der Waals surface area contributed by atoms with Gasteiger partial charge >= 0.3 is 0 Å². The first-order valence-electron chi connectivity index (χ1n) is 7.72. The Labute approximate surface area is 128 Å². The van der Waals surface area contributed by atoms with E-state index in [0.717, 1.165) is 6.42 Å². The van der Waals surface area contributed by atoms with Crippen molar-refractivity contribution in [2.24, 2.45) is 0 Å². The van der Waals surface area contributed by atoms with Crippen molar-refractivity contribution in [3.05, 3.63) is 65.5 Å². The van der Waals surface area contributed by atoms with Crippen LogP contribution in [0.1, 0.15) is 55.2 Å². The molecule has 21 heavy (non-hydrogen) atoms. The Morgan fingerprint density at radius 2 is 1.67 bits per heavy atom. The summed E-state index contributed by atoms with van der Waals surface area (Å²) in [7, 11) is 1.73. The van der Waals surface area contributed by atoms with Crippen molar-refractivity contribution in [1.82, 2.24) is 4.98 Å². The van der Waals surface area contributed by atoms with Gasteiger partial charge in [-0.3, -0.25) is 4.98 Å². The molecule has 1 aromatic heterocycles. The van der Waals surface area contributed by atoms with Crippen LogP contribution in [0.4, 0.5) is 0 Å². The van der Waals surface area contributed by atoms with Crippen molar-refractivity contribution in [2.75, 3.05) is 7.11 Å². The van der Waals surface area contributed by atoms with E-state index in [2.05, 4.69) is 55.2 Å². The van der Waals surface area contributed by atoms with E-state index >= 15 is 0 Å². The van der Waals surface area contributed by atoms with E-state index in [1.807, 2.05) is 12.4 Å². The Morgan fingerprint density at radius 3 is 2.24 bits per heavy atom. The third kappa shape index (κ3) is 4.40. The molecular weight excluding hydrogens is 258 g/mol. The van der Waals surface area contributed by atoms with Crippen LogP contribution in [0.2, 0.25) is 0 Å². The molecule has 2 unspecified atom stereocenters. The molecule has 0 amide bonds. The van der Waals surface area contributed by atoms with Crippen LogP contribution in [0.3, 0.4) is 0 Å². The first-order chi connectivity index (χ1) is 10.2. The fourth-order valence-corrected chi connectivity index (χ4v) is 2.85. The molecule has 0 radical (unpaired) electrons. The number of hydrogen-bond acceptors (Lipinski definition) is 2. The van der Waals surface area contributed by atoms with E-state index in [9.17, 15) is 0 Å². The minimum absolute atomic E-state index is 0.555. The zero-order chi connectivity index (χ0) is 15.1. The third-order valence-corrected chi connectivity index (χ3v) is 4.17. The summed E-state index contributed by atoms with van der Waals surface area (Å²) in [5.41, 5.74) is 4.03. The molecule has 0 aliphatic carbocycles. The molecule has 0 N–H and O–H groups in total. The number of hydrogen-bond donors (Lipinski definition) is 0. The maximum absolute atomic E-state index is 5.16. The molecule has 2 atom stereocenters. The summed E-state index contributed by atoms with van der Waals surface area (Å²) < 4.78 is 5.16. The minimum Gasteiger partial charge on any atom is -0.380 e. The van der Waals surface area contributed by atoms with Crippen LogP contribution in [-0.4, -0.2) is 12.1 Å². The fraction of sp³-hybridized carbons (Fsp3) is 0.421. The van der Waals surface area contributed by atoms with Crippen LogP contribution in [0.5, 0.6) is 0 Å². The SMILES string of the molecule is CCC(CC(C)c1ccc(COC)cc1)c1ccncc1. The van der Waals surface area contributed by atoms with Gasteiger partial charge in [0.1, 0.15) is 0 Å². The Hall–Kier alpha value is -1.67. The van der Waals surface area contributed by atoms with Gasteiger partial charge in [0.2, 0.25) is 0 Å². The maximum Gasteiger partial charge on any atom is 0.0713 e. The summed E-state index contributed by atoms with van der Waals surface area (Å²) in [5.74, 6) is 1.15. The number of pyridine rings is 1. The van der Waals surface area contributed by atoms with Crippen molar-refractivity contribution in [1.29, 1.82) is 0 Å². The molecule has 0 fully saturated rings. The van der Waals surface area contributed by atoms with Crippen LogP contribution < -0.4 is 0 Å². The van der Waals surface area contributed by atoms with Gasteiger partial charge in [0.05, 0.1) is 6.61 Å². The highest BCUT2D eigenvalue weighted by atomic mass is 16.5. The number of methoxy groups -OCH3 is 1. The molecule has 2 aromatic rings. The van der Waals surface area contributed by atoms with Crippen molar-refractivity contribution in [3.8, 4) is 0 Å². The molecule has 1 heterocycles. The molecule has 2 heteroatoms. The molecule has 0 aliphatic rings. The maximum atomic E-state index is 5.16. The summed E-state index contributed by atoms with van der Waals surface area (Å²) >= 11 is 0. The lowest BCUT2D eigenvalue weighted by Crippen LogP contribution is -2.04. The molecular formula is C19H25NO. The number of benzene rings is 1. The van der Waals surface area contributed by atoms with Crippen LogP contribution >= 0.6 is 0 Å². The first-order valence-corrected chi connectivity index (χ1v) is 7.72. The summed E-state index contributed by atoms with van der Waals surface area (Å²) in [4.78, 5) is 4.11. The van der Waals surface area contributed by atoms with Gasteiger partial charge in [-0.2, -0.15) is 0 Å². The van der Waals surface area contributed by atoms with Crippen LogP contribution in [0.15, 0.2) is 48.8 Å². The minimum atomic E-state index is 0.555. The Bertz CT molecular complexity index is 521. The second-order valence-electron chi connectivity index (χ2n) is 5.70. The summed E-state index contributed by atoms with van der Waals surface area (Å²) in [6.07, 6.45) is 6.12. The summed E-state index contributed by atoms with van der Waals surface area (Å²) in [6, 6.07) is 13.1. The average Bonchev–Trinajstić information content (AvgIpc) is 2.54. The van der Waals surface area contributed by atoms with E-state index in [1.54, 1.807) is 7.11 Å². The zero-order valence-electron chi connectivity index (χ0n) is 13.3. The summed E-state index contributed by atoms with van der Waals surface area (Å²) in [6.45, 7) is 5.26. The Morgan fingerprint density at radius 1 is 1.00 bits per heavy atom. The van der Waals surface area contributed by atoms with Gasteiger partial charge in [-0.15, -0.1) is 0 Å². The highest BCUT2D eigenvalue weighted by molar-refractivity contribution is 5.26. The number of nitrogens with zero attached hydrogens (tertiary/aromatic N) is 1. The molecule has 0 saturated heterocycles. The van der Waals surface area contributed by atoms with Gasteiger partial charge in [-0.25, -0.2) is 0 Å². The predicted octanol–water partition coefficient (Wildman–Crippen LogP) is 4.92. The molecule has 0 bridgehead atoms. The lowest BCUT2D eigenvalue weighted by Gasteiger charge is -2.20. The second-order valence-corrected chi connectivity index (χ2v) is 5.70. The van der Waals surface area contributed by atoms with Crippen LogP contribution in [-0.2, 0) is 11.3 Å². The molecule has 0 spiro atoms. The monoisotopic (exact) mass is 283 g/mol. The lowest BCUT2D eigenvalue weighted by atomic mass is 9.85.